The summed E-state index contributed by atoms with van der Waals surface area (Å²) in [5, 5.41) is 9.33. The molecule has 1 saturated carbocycles. The Balaban J connectivity index is 2.64. The van der Waals surface area contributed by atoms with Crippen LogP contribution in [0.25, 0.3) is 0 Å². The third kappa shape index (κ3) is 1.84. The SMILES string of the molecule is CS(=O)(=O)c1ccccc1C1(C(=O)O)CCC1. The molecular weight excluding hydrogens is 240 g/mol. The van der Waals surface area contributed by atoms with Crippen LogP contribution in [0.1, 0.15) is 24.8 Å². The van der Waals surface area contributed by atoms with Crippen LogP contribution < -0.4 is 0 Å². The van der Waals surface area contributed by atoms with E-state index in [-0.39, 0.29) is 4.90 Å². The van der Waals surface area contributed by atoms with E-state index >= 15 is 0 Å². The van der Waals surface area contributed by atoms with Crippen molar-refractivity contribution in [1.82, 2.24) is 0 Å². The maximum absolute atomic E-state index is 11.7. The van der Waals surface area contributed by atoms with Crippen LogP contribution in [0.15, 0.2) is 29.2 Å². The quantitative estimate of drug-likeness (QED) is 0.889. The Labute approximate surface area is 100 Å². The Bertz CT molecular complexity index is 556. The normalized spacial score (nSPS) is 18.4. The van der Waals surface area contributed by atoms with Gasteiger partial charge in [0.25, 0.3) is 0 Å². The molecule has 1 N–H and O–H groups in total. The second-order valence-corrected chi connectivity index (χ2v) is 6.49. The number of sulfone groups is 1. The number of rotatable bonds is 3. The summed E-state index contributed by atoms with van der Waals surface area (Å²) in [5.41, 5.74) is -0.569. The smallest absolute Gasteiger partial charge is 0.314 e. The molecule has 0 amide bonds. The highest BCUT2D eigenvalue weighted by molar-refractivity contribution is 7.90. The molecule has 0 heterocycles. The highest BCUT2D eigenvalue weighted by Crippen LogP contribution is 2.46. The Hall–Kier alpha value is -1.36. The van der Waals surface area contributed by atoms with Gasteiger partial charge in [0, 0.05) is 6.26 Å². The van der Waals surface area contributed by atoms with Crippen molar-refractivity contribution in [3.8, 4) is 0 Å². The van der Waals surface area contributed by atoms with E-state index in [1.807, 2.05) is 0 Å². The van der Waals surface area contributed by atoms with E-state index in [9.17, 15) is 18.3 Å². The Kier molecular flexibility index (Phi) is 2.73. The summed E-state index contributed by atoms with van der Waals surface area (Å²) in [4.78, 5) is 11.5. The van der Waals surface area contributed by atoms with Crippen LogP contribution in [-0.4, -0.2) is 25.7 Å². The molecule has 0 aliphatic heterocycles. The number of aliphatic carboxylic acids is 1. The summed E-state index contributed by atoms with van der Waals surface area (Å²) in [6.07, 6.45) is 2.95. The first-order chi connectivity index (χ1) is 7.88. The summed E-state index contributed by atoms with van der Waals surface area (Å²) in [6.45, 7) is 0. The van der Waals surface area contributed by atoms with Crippen molar-refractivity contribution < 1.29 is 18.3 Å². The minimum atomic E-state index is -3.39. The highest BCUT2D eigenvalue weighted by Gasteiger charge is 2.47. The number of hydrogen-bond acceptors (Lipinski definition) is 3. The third-order valence-corrected chi connectivity index (χ3v) is 4.57. The molecule has 0 saturated heterocycles. The molecule has 0 aromatic heterocycles. The van der Waals surface area contributed by atoms with Crippen molar-refractivity contribution in [1.29, 1.82) is 0 Å². The van der Waals surface area contributed by atoms with Gasteiger partial charge in [0.1, 0.15) is 0 Å². The minimum Gasteiger partial charge on any atom is -0.481 e. The Morgan fingerprint density at radius 2 is 1.88 bits per heavy atom. The van der Waals surface area contributed by atoms with Crippen LogP contribution in [0.4, 0.5) is 0 Å². The number of hydrogen-bond donors (Lipinski definition) is 1. The summed E-state index contributed by atoms with van der Waals surface area (Å²) < 4.78 is 23.3. The first kappa shape index (κ1) is 12.1. The molecule has 92 valence electrons. The van der Waals surface area contributed by atoms with Gasteiger partial charge in [-0.15, -0.1) is 0 Å². The number of carboxylic acids is 1. The minimum absolute atomic E-state index is 0.141. The van der Waals surface area contributed by atoms with Gasteiger partial charge in [-0.2, -0.15) is 0 Å². The zero-order valence-electron chi connectivity index (χ0n) is 9.51. The van der Waals surface area contributed by atoms with Crippen molar-refractivity contribution in [2.45, 2.75) is 29.6 Å². The van der Waals surface area contributed by atoms with Gasteiger partial charge < -0.3 is 5.11 Å². The molecule has 0 unspecified atom stereocenters. The van der Waals surface area contributed by atoms with Gasteiger partial charge in [-0.3, -0.25) is 4.79 Å². The summed E-state index contributed by atoms with van der Waals surface area (Å²) >= 11 is 0. The summed E-state index contributed by atoms with van der Waals surface area (Å²) in [5.74, 6) is -0.931. The monoisotopic (exact) mass is 254 g/mol. The predicted octanol–water partition coefficient (Wildman–Crippen LogP) is 1.60. The molecule has 2 rings (SSSR count). The van der Waals surface area contributed by atoms with Crippen molar-refractivity contribution in [2.75, 3.05) is 6.26 Å². The van der Waals surface area contributed by atoms with Crippen molar-refractivity contribution in [3.63, 3.8) is 0 Å². The molecule has 0 bridgehead atoms. The molecule has 4 nitrogen and oxygen atoms in total. The molecule has 0 atom stereocenters. The van der Waals surface area contributed by atoms with Gasteiger partial charge in [-0.1, -0.05) is 24.6 Å². The van der Waals surface area contributed by atoms with E-state index in [1.165, 1.54) is 6.07 Å². The van der Waals surface area contributed by atoms with E-state index in [1.54, 1.807) is 18.2 Å². The molecule has 1 aliphatic carbocycles. The number of carbonyl (C=O) groups is 1. The van der Waals surface area contributed by atoms with Crippen LogP contribution in [0, 0.1) is 0 Å². The van der Waals surface area contributed by atoms with E-state index in [4.69, 9.17) is 0 Å². The van der Waals surface area contributed by atoms with E-state index in [0.29, 0.717) is 18.4 Å². The highest BCUT2D eigenvalue weighted by atomic mass is 32.2. The molecule has 1 aliphatic rings. The lowest BCUT2D eigenvalue weighted by molar-refractivity contribution is -0.147. The number of benzene rings is 1. The predicted molar refractivity (Wildman–Crippen MR) is 62.7 cm³/mol. The van der Waals surface area contributed by atoms with Crippen LogP contribution in [0.3, 0.4) is 0 Å². The average Bonchev–Trinajstić information content (AvgIpc) is 2.14. The van der Waals surface area contributed by atoms with Crippen molar-refractivity contribution in [3.05, 3.63) is 29.8 Å². The Morgan fingerprint density at radius 3 is 2.29 bits per heavy atom. The van der Waals surface area contributed by atoms with Crippen molar-refractivity contribution in [2.24, 2.45) is 0 Å². The average molecular weight is 254 g/mol. The van der Waals surface area contributed by atoms with E-state index in [2.05, 4.69) is 0 Å². The van der Waals surface area contributed by atoms with Crippen LogP contribution >= 0.6 is 0 Å². The summed E-state index contributed by atoms with van der Waals surface area (Å²) in [6, 6.07) is 6.40. The lowest BCUT2D eigenvalue weighted by atomic mass is 9.64. The lowest BCUT2D eigenvalue weighted by Gasteiger charge is -2.39. The second-order valence-electron chi connectivity index (χ2n) is 4.51. The van der Waals surface area contributed by atoms with Gasteiger partial charge in [0.05, 0.1) is 10.3 Å². The second kappa shape index (κ2) is 3.84. The molecule has 17 heavy (non-hydrogen) atoms. The first-order valence-electron chi connectivity index (χ1n) is 5.41. The fourth-order valence-corrected chi connectivity index (χ4v) is 3.30. The van der Waals surface area contributed by atoms with Gasteiger partial charge in [-0.05, 0) is 24.5 Å². The zero-order chi connectivity index (χ0) is 12.7. The molecule has 0 spiro atoms. The molecule has 1 aromatic carbocycles. The van der Waals surface area contributed by atoms with E-state index < -0.39 is 21.2 Å². The molecule has 1 aromatic rings. The largest absolute Gasteiger partial charge is 0.481 e. The standard InChI is InChI=1S/C12H14O4S/c1-17(15,16)10-6-3-2-5-9(10)12(11(13)14)7-4-8-12/h2-3,5-6H,4,7-8H2,1H3,(H,13,14). The maximum atomic E-state index is 11.7. The van der Waals surface area contributed by atoms with Crippen LogP contribution in [0.5, 0.6) is 0 Å². The van der Waals surface area contributed by atoms with Crippen molar-refractivity contribution >= 4 is 15.8 Å². The molecule has 5 heteroatoms. The summed E-state index contributed by atoms with van der Waals surface area (Å²) in [7, 11) is -3.39. The zero-order valence-corrected chi connectivity index (χ0v) is 10.3. The lowest BCUT2D eigenvalue weighted by Crippen LogP contribution is -2.43. The molecule has 0 radical (unpaired) electrons. The van der Waals surface area contributed by atoms with E-state index in [0.717, 1.165) is 12.7 Å². The van der Waals surface area contributed by atoms with Gasteiger partial charge in [-0.25, -0.2) is 8.42 Å². The van der Waals surface area contributed by atoms with Gasteiger partial charge in [0.2, 0.25) is 0 Å². The van der Waals surface area contributed by atoms with Gasteiger partial charge in [0.15, 0.2) is 9.84 Å². The third-order valence-electron chi connectivity index (χ3n) is 3.42. The fraction of sp³-hybridized carbons (Fsp3) is 0.417. The Morgan fingerprint density at radius 1 is 1.29 bits per heavy atom. The molecule has 1 fully saturated rings. The van der Waals surface area contributed by atoms with Gasteiger partial charge >= 0.3 is 5.97 Å². The fourth-order valence-electron chi connectivity index (χ4n) is 2.31. The van der Waals surface area contributed by atoms with Crippen LogP contribution in [0.2, 0.25) is 0 Å². The number of carboxylic acid groups (broad SMARTS) is 1. The molecular formula is C12H14O4S. The topological polar surface area (TPSA) is 71.4 Å². The van der Waals surface area contributed by atoms with Crippen LogP contribution in [-0.2, 0) is 20.0 Å². The first-order valence-corrected chi connectivity index (χ1v) is 7.30. The maximum Gasteiger partial charge on any atom is 0.314 e.